The summed E-state index contributed by atoms with van der Waals surface area (Å²) in [6, 6.07) is 11.6. The zero-order valence-corrected chi connectivity index (χ0v) is 13.6. The van der Waals surface area contributed by atoms with E-state index in [-0.39, 0.29) is 0 Å². The molecule has 0 bridgehead atoms. The predicted octanol–water partition coefficient (Wildman–Crippen LogP) is 3.50. The van der Waals surface area contributed by atoms with Gasteiger partial charge in [0.15, 0.2) is 11.5 Å². The third-order valence-corrected chi connectivity index (χ3v) is 3.86. The highest BCUT2D eigenvalue weighted by Gasteiger charge is 2.14. The molecule has 0 aliphatic rings. The van der Waals surface area contributed by atoms with Crippen LogP contribution < -0.4 is 19.9 Å². The second kappa shape index (κ2) is 7.33. The third kappa shape index (κ3) is 3.68. The van der Waals surface area contributed by atoms with E-state index in [1.165, 1.54) is 0 Å². The zero-order chi connectivity index (χ0) is 15.2. The average molecular weight is 352 g/mol. The van der Waals surface area contributed by atoms with Gasteiger partial charge in [0.2, 0.25) is 5.75 Å². The number of hydrogen-bond acceptors (Lipinski definition) is 4. The Balaban J connectivity index is 2.28. The van der Waals surface area contributed by atoms with Crippen molar-refractivity contribution in [1.82, 2.24) is 0 Å². The number of halogens is 1. The maximum Gasteiger partial charge on any atom is 0.203 e. The molecule has 21 heavy (non-hydrogen) atoms. The monoisotopic (exact) mass is 351 g/mol. The van der Waals surface area contributed by atoms with E-state index in [2.05, 4.69) is 15.9 Å². The van der Waals surface area contributed by atoms with Gasteiger partial charge in [0.25, 0.3) is 0 Å². The first-order valence-electron chi connectivity index (χ1n) is 6.50. The molecule has 2 N–H and O–H groups in total. The van der Waals surface area contributed by atoms with Crippen LogP contribution in [0.4, 0.5) is 0 Å². The molecule has 5 heteroatoms. The molecule has 0 aromatic heterocycles. The van der Waals surface area contributed by atoms with Crippen molar-refractivity contribution in [1.29, 1.82) is 0 Å². The topological polar surface area (TPSA) is 53.7 Å². The highest BCUT2D eigenvalue weighted by Crippen LogP contribution is 2.39. The summed E-state index contributed by atoms with van der Waals surface area (Å²) >= 11 is 3.50. The predicted molar refractivity (Wildman–Crippen MR) is 85.9 cm³/mol. The summed E-state index contributed by atoms with van der Waals surface area (Å²) in [5.74, 6) is 1.80. The number of ether oxygens (including phenoxy) is 3. The van der Waals surface area contributed by atoms with Gasteiger partial charge in [-0.1, -0.05) is 34.1 Å². The minimum absolute atomic E-state index is 0.413. The van der Waals surface area contributed by atoms with E-state index in [0.717, 1.165) is 15.6 Å². The van der Waals surface area contributed by atoms with Crippen molar-refractivity contribution in [2.24, 2.45) is 5.73 Å². The average Bonchev–Trinajstić information content (AvgIpc) is 2.53. The highest BCUT2D eigenvalue weighted by molar-refractivity contribution is 9.10. The summed E-state index contributed by atoms with van der Waals surface area (Å²) in [6.07, 6.45) is 0. The summed E-state index contributed by atoms with van der Waals surface area (Å²) in [6.45, 7) is 0.827. The van der Waals surface area contributed by atoms with Gasteiger partial charge >= 0.3 is 0 Å². The van der Waals surface area contributed by atoms with Gasteiger partial charge in [-0.05, 0) is 23.8 Å². The molecule has 0 atom stereocenters. The van der Waals surface area contributed by atoms with Gasteiger partial charge in [0, 0.05) is 16.6 Å². The molecule has 0 unspecified atom stereocenters. The molecule has 2 aromatic rings. The summed E-state index contributed by atoms with van der Waals surface area (Å²) in [5.41, 5.74) is 7.65. The molecule has 0 amide bonds. The molecule has 0 heterocycles. The van der Waals surface area contributed by atoms with Gasteiger partial charge < -0.3 is 19.9 Å². The Hall–Kier alpha value is -1.72. The lowest BCUT2D eigenvalue weighted by Crippen LogP contribution is -2.03. The maximum absolute atomic E-state index is 5.90. The molecule has 0 saturated heterocycles. The molecule has 2 rings (SSSR count). The standard InChI is InChI=1S/C16H18BrNO3/c1-19-14-7-11(9-18)8-15(20-2)16(14)21-10-12-5-3-4-6-13(12)17/h3-8H,9-10,18H2,1-2H3. The molecule has 0 radical (unpaired) electrons. The molecular weight excluding hydrogens is 334 g/mol. The Labute approximate surface area is 132 Å². The molecule has 0 fully saturated rings. The molecule has 2 aromatic carbocycles. The number of hydrogen-bond donors (Lipinski definition) is 1. The Kier molecular flexibility index (Phi) is 5.47. The van der Waals surface area contributed by atoms with Crippen LogP contribution in [0.25, 0.3) is 0 Å². The van der Waals surface area contributed by atoms with Crippen LogP contribution in [-0.2, 0) is 13.2 Å². The summed E-state index contributed by atoms with van der Waals surface area (Å²) < 4.78 is 17.7. The van der Waals surface area contributed by atoms with E-state index in [9.17, 15) is 0 Å². The van der Waals surface area contributed by atoms with Crippen molar-refractivity contribution in [3.63, 3.8) is 0 Å². The molecule has 0 spiro atoms. The van der Waals surface area contributed by atoms with Gasteiger partial charge in [-0.2, -0.15) is 0 Å². The lowest BCUT2D eigenvalue weighted by Gasteiger charge is -2.16. The summed E-state index contributed by atoms with van der Waals surface area (Å²) in [5, 5.41) is 0. The largest absolute Gasteiger partial charge is 0.493 e. The van der Waals surface area contributed by atoms with Crippen LogP contribution in [0.15, 0.2) is 40.9 Å². The van der Waals surface area contributed by atoms with Crippen molar-refractivity contribution in [3.05, 3.63) is 52.0 Å². The molecule has 0 aliphatic carbocycles. The van der Waals surface area contributed by atoms with Crippen LogP contribution >= 0.6 is 15.9 Å². The Morgan fingerprint density at radius 1 is 1.05 bits per heavy atom. The van der Waals surface area contributed by atoms with Gasteiger partial charge in [0.1, 0.15) is 6.61 Å². The lowest BCUT2D eigenvalue weighted by atomic mass is 10.2. The van der Waals surface area contributed by atoms with E-state index in [1.54, 1.807) is 14.2 Å². The van der Waals surface area contributed by atoms with E-state index >= 15 is 0 Å². The van der Waals surface area contributed by atoms with Crippen LogP contribution in [0.3, 0.4) is 0 Å². The van der Waals surface area contributed by atoms with Gasteiger partial charge in [-0.15, -0.1) is 0 Å². The Morgan fingerprint density at radius 2 is 1.67 bits per heavy atom. The number of rotatable bonds is 6. The quantitative estimate of drug-likeness (QED) is 0.865. The van der Waals surface area contributed by atoms with E-state index in [0.29, 0.717) is 30.4 Å². The Bertz CT molecular complexity index is 591. The van der Waals surface area contributed by atoms with E-state index < -0.39 is 0 Å². The van der Waals surface area contributed by atoms with Crippen LogP contribution in [0.5, 0.6) is 17.2 Å². The third-order valence-electron chi connectivity index (χ3n) is 3.09. The fourth-order valence-electron chi connectivity index (χ4n) is 1.96. The van der Waals surface area contributed by atoms with E-state index in [4.69, 9.17) is 19.9 Å². The SMILES string of the molecule is COc1cc(CN)cc(OC)c1OCc1ccccc1Br. The molecule has 0 aliphatic heterocycles. The molecule has 112 valence electrons. The van der Waals surface area contributed by atoms with Crippen LogP contribution in [0.2, 0.25) is 0 Å². The van der Waals surface area contributed by atoms with Crippen LogP contribution in [-0.4, -0.2) is 14.2 Å². The molecule has 4 nitrogen and oxygen atoms in total. The maximum atomic E-state index is 5.90. The molecular formula is C16H18BrNO3. The van der Waals surface area contributed by atoms with Crippen molar-refractivity contribution in [2.45, 2.75) is 13.2 Å². The van der Waals surface area contributed by atoms with Gasteiger partial charge in [-0.3, -0.25) is 0 Å². The minimum atomic E-state index is 0.413. The smallest absolute Gasteiger partial charge is 0.203 e. The van der Waals surface area contributed by atoms with Crippen molar-refractivity contribution < 1.29 is 14.2 Å². The second-order valence-electron chi connectivity index (χ2n) is 4.41. The summed E-state index contributed by atoms with van der Waals surface area (Å²) in [7, 11) is 3.20. The van der Waals surface area contributed by atoms with E-state index in [1.807, 2.05) is 36.4 Å². The van der Waals surface area contributed by atoms with Gasteiger partial charge in [0.05, 0.1) is 14.2 Å². The Morgan fingerprint density at radius 3 is 2.19 bits per heavy atom. The second-order valence-corrected chi connectivity index (χ2v) is 5.27. The first-order chi connectivity index (χ1) is 10.2. The summed E-state index contributed by atoms with van der Waals surface area (Å²) in [4.78, 5) is 0. The van der Waals surface area contributed by atoms with Crippen LogP contribution in [0, 0.1) is 0 Å². The zero-order valence-electron chi connectivity index (χ0n) is 12.1. The minimum Gasteiger partial charge on any atom is -0.493 e. The van der Waals surface area contributed by atoms with Crippen molar-refractivity contribution >= 4 is 15.9 Å². The number of nitrogens with two attached hydrogens (primary N) is 1. The lowest BCUT2D eigenvalue weighted by molar-refractivity contribution is 0.265. The van der Waals surface area contributed by atoms with Crippen molar-refractivity contribution in [2.75, 3.05) is 14.2 Å². The molecule has 0 saturated carbocycles. The van der Waals surface area contributed by atoms with Crippen molar-refractivity contribution in [3.8, 4) is 17.2 Å². The number of methoxy groups -OCH3 is 2. The van der Waals surface area contributed by atoms with Gasteiger partial charge in [-0.25, -0.2) is 0 Å². The fraction of sp³-hybridized carbons (Fsp3) is 0.250. The first kappa shape index (κ1) is 15.7. The fourth-order valence-corrected chi connectivity index (χ4v) is 2.36. The first-order valence-corrected chi connectivity index (χ1v) is 7.30. The highest BCUT2D eigenvalue weighted by atomic mass is 79.9. The van der Waals surface area contributed by atoms with Crippen LogP contribution in [0.1, 0.15) is 11.1 Å². The normalized spacial score (nSPS) is 10.3. The number of benzene rings is 2.